The first kappa shape index (κ1) is 12.8. The number of fused-ring (bicyclic) bond motifs is 1. The fourth-order valence-corrected chi connectivity index (χ4v) is 2.18. The minimum absolute atomic E-state index is 0.141. The number of ether oxygens (including phenoxy) is 1. The number of allylic oxidation sites excluding steroid dienone is 1. The number of nitrogens with one attached hydrogen (secondary N) is 1. The third kappa shape index (κ3) is 2.46. The Kier molecular flexibility index (Phi) is 3.52. The van der Waals surface area contributed by atoms with Gasteiger partial charge in [0.1, 0.15) is 12.1 Å². The lowest BCUT2D eigenvalue weighted by molar-refractivity contribution is -0.141. The smallest absolute Gasteiger partial charge is 0.336 e. The molecule has 1 aliphatic heterocycles. The SMILES string of the molecule is CC1=CC2=C(CN[C@H](C)C(=O)O)C(=O)O[C@H]2CC1. The third-order valence-corrected chi connectivity index (χ3v) is 3.35. The number of hydrogen-bond donors (Lipinski definition) is 2. The molecule has 2 aliphatic rings. The van der Waals surface area contributed by atoms with Crippen LogP contribution in [0.3, 0.4) is 0 Å². The maximum atomic E-state index is 11.7. The molecule has 0 saturated heterocycles. The average Bonchev–Trinajstić information content (AvgIpc) is 2.61. The zero-order chi connectivity index (χ0) is 13.3. The summed E-state index contributed by atoms with van der Waals surface area (Å²) in [5.74, 6) is -1.26. The minimum atomic E-state index is -0.932. The number of esters is 1. The van der Waals surface area contributed by atoms with E-state index < -0.39 is 12.0 Å². The quantitative estimate of drug-likeness (QED) is 0.729. The predicted molar refractivity (Wildman–Crippen MR) is 65.0 cm³/mol. The molecule has 2 atom stereocenters. The summed E-state index contributed by atoms with van der Waals surface area (Å²) in [4.78, 5) is 22.4. The van der Waals surface area contributed by atoms with Crippen molar-refractivity contribution in [3.05, 3.63) is 22.8 Å². The Balaban J connectivity index is 2.14. The monoisotopic (exact) mass is 251 g/mol. The van der Waals surface area contributed by atoms with Crippen LogP contribution in [0.25, 0.3) is 0 Å². The Hall–Kier alpha value is -1.62. The van der Waals surface area contributed by atoms with Gasteiger partial charge in [0, 0.05) is 12.1 Å². The summed E-state index contributed by atoms with van der Waals surface area (Å²) in [5.41, 5.74) is 2.70. The van der Waals surface area contributed by atoms with Crippen molar-refractivity contribution in [2.75, 3.05) is 6.54 Å². The maximum absolute atomic E-state index is 11.7. The Bertz CT molecular complexity index is 450. The molecule has 5 nitrogen and oxygen atoms in total. The van der Waals surface area contributed by atoms with Crippen LogP contribution in [0.15, 0.2) is 22.8 Å². The van der Waals surface area contributed by atoms with Gasteiger partial charge in [0.15, 0.2) is 0 Å². The van der Waals surface area contributed by atoms with Crippen molar-refractivity contribution in [3.63, 3.8) is 0 Å². The predicted octanol–water partition coefficient (Wildman–Crippen LogP) is 1.01. The third-order valence-electron chi connectivity index (χ3n) is 3.35. The van der Waals surface area contributed by atoms with Crippen molar-refractivity contribution in [3.8, 4) is 0 Å². The van der Waals surface area contributed by atoms with E-state index in [0.717, 1.165) is 18.4 Å². The standard InChI is InChI=1S/C13H17NO4/c1-7-3-4-11-9(5-7)10(13(17)18-11)6-14-8(2)12(15)16/h5,8,11,14H,3-4,6H2,1-2H3,(H,15,16)/t8-,11+/m1/s1. The fourth-order valence-electron chi connectivity index (χ4n) is 2.18. The van der Waals surface area contributed by atoms with Crippen LogP contribution in [0, 0.1) is 0 Å². The first-order chi connectivity index (χ1) is 8.49. The van der Waals surface area contributed by atoms with Gasteiger partial charge in [-0.15, -0.1) is 0 Å². The molecule has 2 N–H and O–H groups in total. The van der Waals surface area contributed by atoms with Crippen LogP contribution in [-0.2, 0) is 14.3 Å². The summed E-state index contributed by atoms with van der Waals surface area (Å²) in [6.07, 6.45) is 3.61. The summed E-state index contributed by atoms with van der Waals surface area (Å²) in [6.45, 7) is 3.81. The number of rotatable bonds is 4. The average molecular weight is 251 g/mol. The fraction of sp³-hybridized carbons (Fsp3) is 0.538. The molecule has 98 valence electrons. The molecular weight excluding hydrogens is 234 g/mol. The second-order valence-corrected chi connectivity index (χ2v) is 4.80. The highest BCUT2D eigenvalue weighted by atomic mass is 16.5. The van der Waals surface area contributed by atoms with Crippen LogP contribution in [0.2, 0.25) is 0 Å². The zero-order valence-corrected chi connectivity index (χ0v) is 10.5. The highest BCUT2D eigenvalue weighted by molar-refractivity contribution is 5.94. The van der Waals surface area contributed by atoms with E-state index in [4.69, 9.17) is 9.84 Å². The van der Waals surface area contributed by atoms with Gasteiger partial charge in [0.2, 0.25) is 0 Å². The van der Waals surface area contributed by atoms with Crippen LogP contribution in [0.5, 0.6) is 0 Å². The molecule has 0 radical (unpaired) electrons. The molecule has 18 heavy (non-hydrogen) atoms. The Morgan fingerprint density at radius 1 is 1.67 bits per heavy atom. The topological polar surface area (TPSA) is 75.6 Å². The van der Waals surface area contributed by atoms with Crippen molar-refractivity contribution in [2.24, 2.45) is 0 Å². The van der Waals surface area contributed by atoms with Crippen LogP contribution in [-0.4, -0.2) is 35.7 Å². The lowest BCUT2D eigenvalue weighted by Gasteiger charge is -2.17. The van der Waals surface area contributed by atoms with E-state index in [-0.39, 0.29) is 18.6 Å². The van der Waals surface area contributed by atoms with Gasteiger partial charge < -0.3 is 15.2 Å². The first-order valence-corrected chi connectivity index (χ1v) is 6.06. The van der Waals surface area contributed by atoms with Crippen LogP contribution < -0.4 is 5.32 Å². The molecule has 0 unspecified atom stereocenters. The number of aliphatic carboxylic acids is 1. The summed E-state index contributed by atoms with van der Waals surface area (Å²) >= 11 is 0. The van der Waals surface area contributed by atoms with E-state index in [9.17, 15) is 9.59 Å². The zero-order valence-electron chi connectivity index (χ0n) is 10.5. The molecule has 0 amide bonds. The van der Waals surface area contributed by atoms with Gasteiger partial charge in [0.05, 0.1) is 5.57 Å². The number of hydrogen-bond acceptors (Lipinski definition) is 4. The van der Waals surface area contributed by atoms with Crippen molar-refractivity contribution in [1.29, 1.82) is 0 Å². The molecule has 0 spiro atoms. The molecule has 0 aromatic heterocycles. The maximum Gasteiger partial charge on any atom is 0.336 e. The Morgan fingerprint density at radius 3 is 3.06 bits per heavy atom. The van der Waals surface area contributed by atoms with E-state index in [1.165, 1.54) is 5.57 Å². The van der Waals surface area contributed by atoms with Crippen LogP contribution >= 0.6 is 0 Å². The van der Waals surface area contributed by atoms with E-state index in [0.29, 0.717) is 5.57 Å². The molecule has 0 fully saturated rings. The normalized spacial score (nSPS) is 24.4. The van der Waals surface area contributed by atoms with Gasteiger partial charge in [0.25, 0.3) is 0 Å². The second-order valence-electron chi connectivity index (χ2n) is 4.80. The van der Waals surface area contributed by atoms with Crippen LogP contribution in [0.1, 0.15) is 26.7 Å². The lowest BCUT2D eigenvalue weighted by Crippen LogP contribution is -2.35. The molecule has 1 heterocycles. The lowest BCUT2D eigenvalue weighted by atomic mass is 9.92. The minimum Gasteiger partial charge on any atom is -0.480 e. The van der Waals surface area contributed by atoms with E-state index in [1.807, 2.05) is 13.0 Å². The highest BCUT2D eigenvalue weighted by Crippen LogP contribution is 2.32. The van der Waals surface area contributed by atoms with Gasteiger partial charge in [-0.2, -0.15) is 0 Å². The molecule has 2 rings (SSSR count). The van der Waals surface area contributed by atoms with Crippen molar-refractivity contribution < 1.29 is 19.4 Å². The second kappa shape index (κ2) is 4.94. The molecule has 1 aliphatic carbocycles. The summed E-state index contributed by atoms with van der Waals surface area (Å²) in [6, 6.07) is -0.682. The van der Waals surface area contributed by atoms with Crippen molar-refractivity contribution in [2.45, 2.75) is 38.8 Å². The van der Waals surface area contributed by atoms with Crippen molar-refractivity contribution in [1.82, 2.24) is 5.32 Å². The summed E-state index contributed by atoms with van der Waals surface area (Å²) in [7, 11) is 0. The highest BCUT2D eigenvalue weighted by Gasteiger charge is 2.34. The van der Waals surface area contributed by atoms with E-state index >= 15 is 0 Å². The molecular formula is C13H17NO4. The number of carbonyl (C=O) groups excluding carboxylic acids is 1. The van der Waals surface area contributed by atoms with Gasteiger partial charge in [-0.1, -0.05) is 11.6 Å². The van der Waals surface area contributed by atoms with E-state index in [1.54, 1.807) is 6.92 Å². The van der Waals surface area contributed by atoms with Gasteiger partial charge >= 0.3 is 11.9 Å². The number of carbonyl (C=O) groups is 2. The Morgan fingerprint density at radius 2 is 2.39 bits per heavy atom. The molecule has 0 aromatic carbocycles. The summed E-state index contributed by atoms with van der Waals surface area (Å²) in [5, 5.41) is 11.6. The molecule has 0 bridgehead atoms. The van der Waals surface area contributed by atoms with Gasteiger partial charge in [-0.25, -0.2) is 4.79 Å². The largest absolute Gasteiger partial charge is 0.480 e. The molecule has 0 aromatic rings. The number of carboxylic acids is 1. The summed E-state index contributed by atoms with van der Waals surface area (Å²) < 4.78 is 5.27. The van der Waals surface area contributed by atoms with Crippen molar-refractivity contribution >= 4 is 11.9 Å². The van der Waals surface area contributed by atoms with Crippen LogP contribution in [0.4, 0.5) is 0 Å². The first-order valence-electron chi connectivity index (χ1n) is 6.06. The van der Waals surface area contributed by atoms with E-state index in [2.05, 4.69) is 5.32 Å². The Labute approximate surface area is 106 Å². The van der Waals surface area contributed by atoms with Gasteiger partial charge in [-0.05, 0) is 26.7 Å². The molecule has 0 saturated carbocycles. The molecule has 5 heteroatoms. The van der Waals surface area contributed by atoms with Gasteiger partial charge in [-0.3, -0.25) is 4.79 Å². The number of carboxylic acid groups (broad SMARTS) is 1.